The van der Waals surface area contributed by atoms with E-state index in [1.807, 2.05) is 24.3 Å². The Hall–Kier alpha value is -1.94. The maximum Gasteiger partial charge on any atom is 0.251 e. The van der Waals surface area contributed by atoms with Crippen LogP contribution in [-0.4, -0.2) is 28.1 Å². The average Bonchev–Trinajstić information content (AvgIpc) is 3.18. The molecule has 1 amide bonds. The topological polar surface area (TPSA) is 62.2 Å². The first-order valence-corrected chi connectivity index (χ1v) is 6.01. The van der Waals surface area contributed by atoms with Crippen molar-refractivity contribution in [2.24, 2.45) is 0 Å². The van der Waals surface area contributed by atoms with Gasteiger partial charge in [0.25, 0.3) is 5.91 Å². The first-order chi connectivity index (χ1) is 8.72. The van der Waals surface area contributed by atoms with E-state index in [-0.39, 0.29) is 18.1 Å². The molecule has 0 unspecified atom stereocenters. The summed E-state index contributed by atoms with van der Waals surface area (Å²) in [6.07, 6.45) is 3.43. The Morgan fingerprint density at radius 2 is 2.22 bits per heavy atom. The van der Waals surface area contributed by atoms with Gasteiger partial charge in [-0.25, -0.2) is 0 Å². The first kappa shape index (κ1) is 11.2. The predicted molar refractivity (Wildman–Crippen MR) is 68.3 cm³/mol. The molecule has 0 aliphatic heterocycles. The van der Waals surface area contributed by atoms with Gasteiger partial charge in [0.2, 0.25) is 0 Å². The van der Waals surface area contributed by atoms with Crippen molar-refractivity contribution in [3.05, 3.63) is 42.1 Å². The molecule has 0 atom stereocenters. The van der Waals surface area contributed by atoms with Gasteiger partial charge in [0.1, 0.15) is 0 Å². The summed E-state index contributed by atoms with van der Waals surface area (Å²) in [5.74, 6) is -0.132. The molecule has 4 heteroatoms. The number of rotatable bonds is 3. The average molecular weight is 242 g/mol. The molecule has 2 N–H and O–H groups in total. The highest BCUT2D eigenvalue weighted by Crippen LogP contribution is 2.34. The molecule has 0 radical (unpaired) electrons. The molecule has 1 saturated carbocycles. The number of fused-ring (bicyclic) bond motifs is 1. The number of aliphatic hydroxyl groups excluding tert-OH is 1. The van der Waals surface area contributed by atoms with Crippen molar-refractivity contribution in [1.29, 1.82) is 0 Å². The smallest absolute Gasteiger partial charge is 0.251 e. The van der Waals surface area contributed by atoms with E-state index in [9.17, 15) is 9.90 Å². The van der Waals surface area contributed by atoms with Crippen LogP contribution in [0.1, 0.15) is 23.2 Å². The summed E-state index contributed by atoms with van der Waals surface area (Å²) in [5, 5.41) is 13.0. The second-order valence-corrected chi connectivity index (χ2v) is 4.80. The Labute approximate surface area is 105 Å². The second-order valence-electron chi connectivity index (χ2n) is 4.80. The lowest BCUT2D eigenvalue weighted by molar-refractivity contribution is 0.0907. The number of nitrogens with one attached hydrogen (secondary N) is 1. The molecule has 1 heterocycles. The predicted octanol–water partition coefficient (Wildman–Crippen LogP) is 1.49. The monoisotopic (exact) mass is 242 g/mol. The highest BCUT2D eigenvalue weighted by molar-refractivity contribution is 5.98. The van der Waals surface area contributed by atoms with Crippen molar-refractivity contribution in [1.82, 2.24) is 10.3 Å². The summed E-state index contributed by atoms with van der Waals surface area (Å²) in [6.45, 7) is 0.00781. The molecule has 1 aromatic carbocycles. The van der Waals surface area contributed by atoms with E-state index >= 15 is 0 Å². The summed E-state index contributed by atoms with van der Waals surface area (Å²) in [5.41, 5.74) is 1.11. The van der Waals surface area contributed by atoms with Crippen LogP contribution < -0.4 is 5.32 Å². The molecule has 0 spiro atoms. The first-order valence-electron chi connectivity index (χ1n) is 6.01. The Morgan fingerprint density at radius 3 is 2.94 bits per heavy atom. The van der Waals surface area contributed by atoms with Gasteiger partial charge in [0, 0.05) is 17.1 Å². The lowest BCUT2D eigenvalue weighted by Gasteiger charge is -2.14. The number of amides is 1. The molecule has 3 rings (SSSR count). The summed E-state index contributed by atoms with van der Waals surface area (Å²) < 4.78 is 0. The molecule has 1 aliphatic carbocycles. The van der Waals surface area contributed by atoms with Gasteiger partial charge in [-0.3, -0.25) is 9.78 Å². The Bertz CT molecular complexity index is 606. The number of pyridine rings is 1. The fraction of sp³-hybridized carbons (Fsp3) is 0.286. The van der Waals surface area contributed by atoms with Crippen LogP contribution in [0.4, 0.5) is 0 Å². The van der Waals surface area contributed by atoms with Crippen LogP contribution in [-0.2, 0) is 0 Å². The highest BCUT2D eigenvalue weighted by atomic mass is 16.3. The molecule has 0 bridgehead atoms. The van der Waals surface area contributed by atoms with E-state index in [0.29, 0.717) is 5.56 Å². The fourth-order valence-electron chi connectivity index (χ4n) is 2.00. The highest BCUT2D eigenvalue weighted by Gasteiger charge is 2.43. The van der Waals surface area contributed by atoms with Crippen LogP contribution in [0.5, 0.6) is 0 Å². The zero-order chi connectivity index (χ0) is 12.6. The van der Waals surface area contributed by atoms with Gasteiger partial charge in [0.05, 0.1) is 17.7 Å². The summed E-state index contributed by atoms with van der Waals surface area (Å²) >= 11 is 0. The Balaban J connectivity index is 1.87. The van der Waals surface area contributed by atoms with Gasteiger partial charge in [0.15, 0.2) is 0 Å². The van der Waals surface area contributed by atoms with Crippen LogP contribution in [0.25, 0.3) is 10.9 Å². The van der Waals surface area contributed by atoms with E-state index < -0.39 is 0 Å². The molecule has 4 nitrogen and oxygen atoms in total. The number of aromatic nitrogens is 1. The largest absolute Gasteiger partial charge is 0.394 e. The van der Waals surface area contributed by atoms with Crippen molar-refractivity contribution >= 4 is 16.8 Å². The minimum atomic E-state index is -0.374. The van der Waals surface area contributed by atoms with E-state index in [2.05, 4.69) is 10.3 Å². The lowest BCUT2D eigenvalue weighted by atomic mass is 10.1. The maximum atomic E-state index is 12.1. The van der Waals surface area contributed by atoms with Crippen molar-refractivity contribution in [3.63, 3.8) is 0 Å². The summed E-state index contributed by atoms with van der Waals surface area (Å²) in [6, 6.07) is 9.20. The third-order valence-electron chi connectivity index (χ3n) is 3.40. The molecule has 1 aliphatic rings. The third-order valence-corrected chi connectivity index (χ3v) is 3.40. The fourth-order valence-corrected chi connectivity index (χ4v) is 2.00. The number of hydrogen-bond donors (Lipinski definition) is 2. The molecular weight excluding hydrogens is 228 g/mol. The summed E-state index contributed by atoms with van der Waals surface area (Å²) in [4.78, 5) is 16.3. The van der Waals surface area contributed by atoms with Gasteiger partial charge < -0.3 is 10.4 Å². The normalized spacial score (nSPS) is 16.5. The van der Waals surface area contributed by atoms with Crippen LogP contribution in [0.2, 0.25) is 0 Å². The number of nitrogens with zero attached hydrogens (tertiary/aromatic N) is 1. The minimum absolute atomic E-state index is 0.00781. The maximum absolute atomic E-state index is 12.1. The van der Waals surface area contributed by atoms with E-state index in [1.54, 1.807) is 12.3 Å². The number of benzene rings is 1. The van der Waals surface area contributed by atoms with Gasteiger partial charge in [-0.1, -0.05) is 6.07 Å². The van der Waals surface area contributed by atoms with Crippen molar-refractivity contribution in [3.8, 4) is 0 Å². The van der Waals surface area contributed by atoms with Crippen LogP contribution in [0.3, 0.4) is 0 Å². The molecule has 1 fully saturated rings. The molecule has 1 aromatic heterocycles. The van der Waals surface area contributed by atoms with Crippen molar-refractivity contribution < 1.29 is 9.90 Å². The van der Waals surface area contributed by atoms with Crippen LogP contribution >= 0.6 is 0 Å². The number of carbonyl (C=O) groups excluding carboxylic acids is 1. The standard InChI is InChI=1S/C14H14N2O2/c17-9-14(5-6-14)16-13(18)11-3-4-12-10(8-11)2-1-7-15-12/h1-4,7-8,17H,5-6,9H2,(H,16,18). The summed E-state index contributed by atoms with van der Waals surface area (Å²) in [7, 11) is 0. The van der Waals surface area contributed by atoms with E-state index in [4.69, 9.17) is 0 Å². The molecule has 2 aromatic rings. The number of aliphatic hydroxyl groups is 1. The molecule has 18 heavy (non-hydrogen) atoms. The van der Waals surface area contributed by atoms with Crippen LogP contribution in [0.15, 0.2) is 36.5 Å². The van der Waals surface area contributed by atoms with Gasteiger partial charge >= 0.3 is 0 Å². The van der Waals surface area contributed by atoms with Gasteiger partial charge in [-0.15, -0.1) is 0 Å². The quantitative estimate of drug-likeness (QED) is 0.857. The van der Waals surface area contributed by atoms with Gasteiger partial charge in [-0.05, 0) is 37.1 Å². The second kappa shape index (κ2) is 4.07. The van der Waals surface area contributed by atoms with Crippen LogP contribution in [0, 0.1) is 0 Å². The van der Waals surface area contributed by atoms with Crippen molar-refractivity contribution in [2.75, 3.05) is 6.61 Å². The third kappa shape index (κ3) is 1.95. The molecule has 92 valence electrons. The zero-order valence-corrected chi connectivity index (χ0v) is 9.89. The zero-order valence-electron chi connectivity index (χ0n) is 9.89. The SMILES string of the molecule is O=C(NC1(CO)CC1)c1ccc2ncccc2c1. The molecular formula is C14H14N2O2. The Morgan fingerprint density at radius 1 is 1.39 bits per heavy atom. The Kier molecular flexibility index (Phi) is 2.52. The number of hydrogen-bond acceptors (Lipinski definition) is 3. The van der Waals surface area contributed by atoms with Gasteiger partial charge in [-0.2, -0.15) is 0 Å². The minimum Gasteiger partial charge on any atom is -0.394 e. The van der Waals surface area contributed by atoms with E-state index in [1.165, 1.54) is 0 Å². The lowest BCUT2D eigenvalue weighted by Crippen LogP contribution is -2.39. The van der Waals surface area contributed by atoms with E-state index in [0.717, 1.165) is 23.7 Å². The molecule has 0 saturated heterocycles. The van der Waals surface area contributed by atoms with Crippen molar-refractivity contribution in [2.45, 2.75) is 18.4 Å². The number of carbonyl (C=O) groups is 1.